The van der Waals surface area contributed by atoms with E-state index in [1.54, 1.807) is 0 Å². The molecule has 1 saturated carbocycles. The zero-order valence-corrected chi connectivity index (χ0v) is 14.3. The molecule has 2 aliphatic rings. The molecule has 0 radical (unpaired) electrons. The van der Waals surface area contributed by atoms with Crippen LogP contribution in [-0.4, -0.2) is 48.9 Å². The molecule has 0 aromatic heterocycles. The van der Waals surface area contributed by atoms with Gasteiger partial charge in [0.05, 0.1) is 5.41 Å². The molecule has 1 saturated heterocycles. The second-order valence-corrected chi connectivity index (χ2v) is 6.60. The lowest BCUT2D eigenvalue weighted by Crippen LogP contribution is -2.54. The largest absolute Gasteiger partial charge is 0.339 e. The fourth-order valence-electron chi connectivity index (χ4n) is 3.85. The van der Waals surface area contributed by atoms with Crippen LogP contribution in [0.15, 0.2) is 30.3 Å². The summed E-state index contributed by atoms with van der Waals surface area (Å²) in [5.41, 5.74) is 0.976. The van der Waals surface area contributed by atoms with Crippen molar-refractivity contribution < 1.29 is 4.79 Å². The number of nitrogens with zero attached hydrogens (tertiary/aromatic N) is 2. The van der Waals surface area contributed by atoms with Crippen molar-refractivity contribution in [3.8, 4) is 0 Å². The fraction of sp³-hybridized carbons (Fsp3) is 0.611. The third kappa shape index (κ3) is 3.31. The minimum atomic E-state index is -0.255. The normalized spacial score (nSPS) is 22.0. The number of likely N-dealkylation sites (N-methyl/N-ethyl adjacent to an activating group) is 1. The highest BCUT2D eigenvalue weighted by atomic mass is 35.5. The second-order valence-electron chi connectivity index (χ2n) is 6.60. The van der Waals surface area contributed by atoms with E-state index in [1.165, 1.54) is 24.8 Å². The van der Waals surface area contributed by atoms with Gasteiger partial charge in [0.1, 0.15) is 0 Å². The van der Waals surface area contributed by atoms with Crippen molar-refractivity contribution in [3.05, 3.63) is 35.9 Å². The van der Waals surface area contributed by atoms with Gasteiger partial charge in [0.2, 0.25) is 5.91 Å². The highest BCUT2D eigenvalue weighted by molar-refractivity contribution is 5.88. The number of rotatable bonds is 2. The van der Waals surface area contributed by atoms with Crippen LogP contribution in [0, 0.1) is 0 Å². The molecule has 1 aliphatic heterocycles. The molecule has 4 heteroatoms. The molecular weight excluding hydrogens is 296 g/mol. The summed E-state index contributed by atoms with van der Waals surface area (Å²) in [6.07, 6.45) is 5.65. The molecule has 22 heavy (non-hydrogen) atoms. The second kappa shape index (κ2) is 7.47. The molecule has 0 unspecified atom stereocenters. The molecule has 0 N–H and O–H groups in total. The lowest BCUT2D eigenvalue weighted by Gasteiger charge is -2.42. The molecule has 1 amide bonds. The lowest BCUT2D eigenvalue weighted by atomic mass is 9.68. The third-order valence-corrected chi connectivity index (χ3v) is 5.23. The van der Waals surface area contributed by atoms with Crippen LogP contribution < -0.4 is 0 Å². The van der Waals surface area contributed by atoms with Crippen molar-refractivity contribution in [1.29, 1.82) is 0 Å². The Morgan fingerprint density at radius 2 is 1.55 bits per heavy atom. The number of piperazine rings is 1. The van der Waals surface area contributed by atoms with Gasteiger partial charge >= 0.3 is 0 Å². The van der Waals surface area contributed by atoms with Crippen LogP contribution in [0.25, 0.3) is 0 Å². The fourth-order valence-corrected chi connectivity index (χ4v) is 3.85. The first-order chi connectivity index (χ1) is 10.2. The molecule has 0 atom stereocenters. The predicted molar refractivity (Wildman–Crippen MR) is 92.5 cm³/mol. The van der Waals surface area contributed by atoms with Crippen molar-refractivity contribution in [2.24, 2.45) is 0 Å². The van der Waals surface area contributed by atoms with Crippen LogP contribution in [0.1, 0.15) is 37.7 Å². The van der Waals surface area contributed by atoms with Crippen LogP contribution in [-0.2, 0) is 10.2 Å². The van der Waals surface area contributed by atoms with Crippen LogP contribution in [0.4, 0.5) is 0 Å². The summed E-state index contributed by atoms with van der Waals surface area (Å²) in [6, 6.07) is 10.5. The summed E-state index contributed by atoms with van der Waals surface area (Å²) >= 11 is 0. The van der Waals surface area contributed by atoms with Crippen molar-refractivity contribution in [3.63, 3.8) is 0 Å². The van der Waals surface area contributed by atoms with Crippen molar-refractivity contribution >= 4 is 18.3 Å². The highest BCUT2D eigenvalue weighted by Crippen LogP contribution is 2.41. The maximum Gasteiger partial charge on any atom is 0.233 e. The van der Waals surface area contributed by atoms with Crippen molar-refractivity contribution in [2.75, 3.05) is 33.2 Å². The lowest BCUT2D eigenvalue weighted by molar-refractivity contribution is -0.140. The molecule has 3 nitrogen and oxygen atoms in total. The average molecular weight is 323 g/mol. The quantitative estimate of drug-likeness (QED) is 0.835. The van der Waals surface area contributed by atoms with Gasteiger partial charge in [-0.15, -0.1) is 12.4 Å². The zero-order chi connectivity index (χ0) is 14.7. The monoisotopic (exact) mass is 322 g/mol. The summed E-state index contributed by atoms with van der Waals surface area (Å²) in [5, 5.41) is 0. The van der Waals surface area contributed by atoms with E-state index in [2.05, 4.69) is 41.1 Å². The Labute approximate surface area is 140 Å². The van der Waals surface area contributed by atoms with E-state index in [-0.39, 0.29) is 17.8 Å². The van der Waals surface area contributed by atoms with Gasteiger partial charge in [0, 0.05) is 26.2 Å². The van der Waals surface area contributed by atoms with E-state index in [1.807, 2.05) is 6.07 Å². The smallest absolute Gasteiger partial charge is 0.233 e. The Morgan fingerprint density at radius 3 is 2.14 bits per heavy atom. The molecule has 1 aliphatic carbocycles. The van der Waals surface area contributed by atoms with Gasteiger partial charge in [0.25, 0.3) is 0 Å². The molecule has 0 bridgehead atoms. The van der Waals surface area contributed by atoms with Gasteiger partial charge < -0.3 is 9.80 Å². The Balaban J connectivity index is 0.00000176. The van der Waals surface area contributed by atoms with E-state index in [9.17, 15) is 4.79 Å². The van der Waals surface area contributed by atoms with Gasteiger partial charge in [0.15, 0.2) is 0 Å². The van der Waals surface area contributed by atoms with E-state index in [0.29, 0.717) is 5.91 Å². The van der Waals surface area contributed by atoms with Crippen molar-refractivity contribution in [1.82, 2.24) is 9.80 Å². The van der Waals surface area contributed by atoms with Crippen LogP contribution >= 0.6 is 12.4 Å². The summed E-state index contributed by atoms with van der Waals surface area (Å²) in [4.78, 5) is 17.7. The minimum Gasteiger partial charge on any atom is -0.339 e. The summed E-state index contributed by atoms with van der Waals surface area (Å²) < 4.78 is 0. The number of benzene rings is 1. The number of halogens is 1. The molecule has 1 aromatic carbocycles. The number of amides is 1. The summed E-state index contributed by atoms with van der Waals surface area (Å²) in [7, 11) is 2.13. The number of carbonyl (C=O) groups is 1. The van der Waals surface area contributed by atoms with Gasteiger partial charge in [-0.3, -0.25) is 4.79 Å². The molecule has 0 spiro atoms. The Morgan fingerprint density at radius 1 is 0.955 bits per heavy atom. The SMILES string of the molecule is CN1CCN(C(=O)C2(c3ccccc3)CCCCC2)CC1.Cl. The maximum atomic E-state index is 13.3. The third-order valence-electron chi connectivity index (χ3n) is 5.23. The van der Waals surface area contributed by atoms with E-state index >= 15 is 0 Å². The average Bonchev–Trinajstić information content (AvgIpc) is 2.56. The Hall–Kier alpha value is -1.06. The van der Waals surface area contributed by atoms with Crippen LogP contribution in [0.5, 0.6) is 0 Å². The predicted octanol–water partition coefficient (Wildman–Crippen LogP) is 3.08. The first kappa shape index (κ1) is 17.3. The first-order valence-electron chi connectivity index (χ1n) is 8.26. The van der Waals surface area contributed by atoms with Gasteiger partial charge in [-0.1, -0.05) is 49.6 Å². The van der Waals surface area contributed by atoms with Crippen LogP contribution in [0.3, 0.4) is 0 Å². The Kier molecular flexibility index (Phi) is 5.87. The summed E-state index contributed by atoms with van der Waals surface area (Å²) in [6.45, 7) is 3.75. The van der Waals surface area contributed by atoms with Crippen molar-refractivity contribution in [2.45, 2.75) is 37.5 Å². The maximum absolute atomic E-state index is 13.3. The molecule has 3 rings (SSSR count). The van der Waals surface area contributed by atoms with Gasteiger partial charge in [-0.25, -0.2) is 0 Å². The number of carbonyl (C=O) groups excluding carboxylic acids is 1. The van der Waals surface area contributed by atoms with Gasteiger partial charge in [-0.05, 0) is 25.5 Å². The topological polar surface area (TPSA) is 23.6 Å². The number of hydrogen-bond donors (Lipinski definition) is 0. The zero-order valence-electron chi connectivity index (χ0n) is 13.5. The highest BCUT2D eigenvalue weighted by Gasteiger charge is 2.43. The molecule has 1 heterocycles. The van der Waals surface area contributed by atoms with E-state index < -0.39 is 0 Å². The minimum absolute atomic E-state index is 0. The number of hydrogen-bond acceptors (Lipinski definition) is 2. The van der Waals surface area contributed by atoms with E-state index in [0.717, 1.165) is 39.0 Å². The van der Waals surface area contributed by atoms with E-state index in [4.69, 9.17) is 0 Å². The molecular formula is C18H27ClN2O. The summed E-state index contributed by atoms with van der Waals surface area (Å²) in [5.74, 6) is 0.376. The Bertz CT molecular complexity index is 477. The molecule has 122 valence electrons. The molecule has 1 aromatic rings. The van der Waals surface area contributed by atoms with Crippen LogP contribution in [0.2, 0.25) is 0 Å². The van der Waals surface area contributed by atoms with Gasteiger partial charge in [-0.2, -0.15) is 0 Å². The first-order valence-corrected chi connectivity index (χ1v) is 8.26. The molecule has 2 fully saturated rings. The standard InChI is InChI=1S/C18H26N2O.ClH/c1-19-12-14-20(15-13-19)17(21)18(10-6-3-7-11-18)16-8-4-2-5-9-16;/h2,4-5,8-9H,3,6-7,10-15H2,1H3;1H.